The molecule has 0 aromatic carbocycles. The van der Waals surface area contributed by atoms with Crippen LogP contribution in [0, 0.1) is 12.8 Å². The van der Waals surface area contributed by atoms with E-state index in [0.29, 0.717) is 24.1 Å². The predicted octanol–water partition coefficient (Wildman–Crippen LogP) is 3.71. The second-order valence-corrected chi connectivity index (χ2v) is 6.74. The highest BCUT2D eigenvalue weighted by atomic mass is 32.2. The van der Waals surface area contributed by atoms with E-state index >= 15 is 0 Å². The molecule has 24 heavy (non-hydrogen) atoms. The molecule has 0 radical (unpaired) electrons. The van der Waals surface area contributed by atoms with Crippen LogP contribution in [0.1, 0.15) is 26.5 Å². The van der Waals surface area contributed by atoms with E-state index in [-0.39, 0.29) is 17.1 Å². The van der Waals surface area contributed by atoms with E-state index in [9.17, 15) is 4.79 Å². The molecule has 2 heterocycles. The van der Waals surface area contributed by atoms with Gasteiger partial charge in [0.05, 0.1) is 18.4 Å². The summed E-state index contributed by atoms with van der Waals surface area (Å²) in [6.45, 7) is 12.4. The second-order valence-electron chi connectivity index (χ2n) is 5.63. The van der Waals surface area contributed by atoms with Crippen LogP contribution in [0.5, 0.6) is 0 Å². The molecule has 1 atom stereocenters. The zero-order valence-electron chi connectivity index (χ0n) is 14.5. The third-order valence-corrected chi connectivity index (χ3v) is 4.99. The molecule has 0 N–H and O–H groups in total. The van der Waals surface area contributed by atoms with Gasteiger partial charge in [0.2, 0.25) is 0 Å². The van der Waals surface area contributed by atoms with Gasteiger partial charge in [-0.3, -0.25) is 9.36 Å². The number of aryl methyl sites for hydroxylation is 1. The largest absolute Gasteiger partial charge is 0.469 e. The molecule has 0 fully saturated rings. The molecule has 0 saturated heterocycles. The first-order valence-corrected chi connectivity index (χ1v) is 8.79. The number of aromatic nitrogens is 3. The number of hydrogen-bond acceptors (Lipinski definition) is 6. The Balaban J connectivity index is 2.36. The van der Waals surface area contributed by atoms with E-state index in [4.69, 9.17) is 9.15 Å². The first-order valence-electron chi connectivity index (χ1n) is 7.91. The van der Waals surface area contributed by atoms with Crippen molar-refractivity contribution in [3.8, 4) is 11.4 Å². The van der Waals surface area contributed by atoms with Crippen molar-refractivity contribution in [1.29, 1.82) is 0 Å². The fourth-order valence-corrected chi connectivity index (χ4v) is 3.32. The molecule has 0 saturated carbocycles. The standard InChI is InChI=1S/C17H23N3O3S/c1-6-9-20-15(13-8-10-23-12(13)5)18-19-17(20)24-14(11(3)4)16(21)22-7-2/h6,8,10-11,14H,1,7,9H2,2-5H3. The van der Waals surface area contributed by atoms with Crippen LogP contribution in [0.2, 0.25) is 0 Å². The first kappa shape index (κ1) is 18.3. The van der Waals surface area contributed by atoms with Crippen molar-refractivity contribution in [2.75, 3.05) is 6.61 Å². The molecule has 7 heteroatoms. The SMILES string of the molecule is C=CCn1c(SC(C(=O)OCC)C(C)C)nnc1-c1ccoc1C. The van der Waals surface area contributed by atoms with Crippen LogP contribution in [0.3, 0.4) is 0 Å². The molecular weight excluding hydrogens is 326 g/mol. The lowest BCUT2D eigenvalue weighted by Gasteiger charge is -2.18. The van der Waals surface area contributed by atoms with Gasteiger partial charge >= 0.3 is 5.97 Å². The Kier molecular flexibility index (Phi) is 6.25. The van der Waals surface area contributed by atoms with Crippen molar-refractivity contribution in [2.24, 2.45) is 5.92 Å². The highest BCUT2D eigenvalue weighted by molar-refractivity contribution is 8.00. The highest BCUT2D eigenvalue weighted by Crippen LogP contribution is 2.32. The van der Waals surface area contributed by atoms with Crippen LogP contribution in [0.4, 0.5) is 0 Å². The van der Waals surface area contributed by atoms with E-state index < -0.39 is 0 Å². The quantitative estimate of drug-likeness (QED) is 0.411. The number of carbonyl (C=O) groups excluding carboxylic acids is 1. The van der Waals surface area contributed by atoms with Crippen LogP contribution in [-0.4, -0.2) is 32.6 Å². The van der Waals surface area contributed by atoms with Gasteiger partial charge in [-0.25, -0.2) is 0 Å². The summed E-state index contributed by atoms with van der Waals surface area (Å²) in [5.41, 5.74) is 0.883. The van der Waals surface area contributed by atoms with E-state index in [1.807, 2.05) is 31.4 Å². The number of carbonyl (C=O) groups is 1. The van der Waals surface area contributed by atoms with Crippen LogP contribution >= 0.6 is 11.8 Å². The van der Waals surface area contributed by atoms with Crippen molar-refractivity contribution in [2.45, 2.75) is 44.6 Å². The Hall–Kier alpha value is -2.02. The Morgan fingerprint density at radius 1 is 1.50 bits per heavy atom. The average Bonchev–Trinajstić information content (AvgIpc) is 3.11. The van der Waals surface area contributed by atoms with Gasteiger partial charge in [0.15, 0.2) is 11.0 Å². The number of esters is 1. The minimum absolute atomic E-state index is 0.113. The zero-order chi connectivity index (χ0) is 17.7. The van der Waals surface area contributed by atoms with Crippen LogP contribution in [0.25, 0.3) is 11.4 Å². The van der Waals surface area contributed by atoms with Gasteiger partial charge in [-0.15, -0.1) is 16.8 Å². The molecule has 2 aromatic rings. The number of rotatable bonds is 8. The van der Waals surface area contributed by atoms with Crippen molar-refractivity contribution in [1.82, 2.24) is 14.8 Å². The smallest absolute Gasteiger partial charge is 0.319 e. The Bertz CT molecular complexity index is 706. The lowest BCUT2D eigenvalue weighted by atomic mass is 10.1. The number of furan rings is 1. The summed E-state index contributed by atoms with van der Waals surface area (Å²) in [4.78, 5) is 12.2. The van der Waals surface area contributed by atoms with Gasteiger partial charge < -0.3 is 9.15 Å². The van der Waals surface area contributed by atoms with Gasteiger partial charge in [0, 0.05) is 6.54 Å². The fourth-order valence-electron chi connectivity index (χ4n) is 2.28. The molecule has 6 nitrogen and oxygen atoms in total. The Morgan fingerprint density at radius 3 is 2.79 bits per heavy atom. The van der Waals surface area contributed by atoms with E-state index in [2.05, 4.69) is 16.8 Å². The summed E-state index contributed by atoms with van der Waals surface area (Å²) in [5.74, 6) is 1.36. The summed E-state index contributed by atoms with van der Waals surface area (Å²) in [7, 11) is 0. The van der Waals surface area contributed by atoms with Gasteiger partial charge in [-0.05, 0) is 25.8 Å². The summed E-state index contributed by atoms with van der Waals surface area (Å²) >= 11 is 1.37. The molecule has 0 aliphatic heterocycles. The molecule has 0 amide bonds. The Labute approximate surface area is 146 Å². The molecular formula is C17H23N3O3S. The average molecular weight is 349 g/mol. The van der Waals surface area contributed by atoms with Crippen LogP contribution in [0.15, 0.2) is 34.6 Å². The third-order valence-electron chi connectivity index (χ3n) is 3.49. The normalized spacial score (nSPS) is 12.4. The number of ether oxygens (including phenoxy) is 1. The summed E-state index contributed by atoms with van der Waals surface area (Å²) in [6.07, 6.45) is 3.40. The predicted molar refractivity (Wildman–Crippen MR) is 93.8 cm³/mol. The van der Waals surface area contributed by atoms with Crippen LogP contribution in [-0.2, 0) is 16.1 Å². The van der Waals surface area contributed by atoms with E-state index in [0.717, 1.165) is 11.3 Å². The van der Waals surface area contributed by atoms with E-state index in [1.165, 1.54) is 11.8 Å². The molecule has 2 rings (SSSR count). The molecule has 130 valence electrons. The summed E-state index contributed by atoms with van der Waals surface area (Å²) in [5, 5.41) is 8.89. The number of allylic oxidation sites excluding steroid dienone is 1. The first-order chi connectivity index (χ1) is 11.5. The highest BCUT2D eigenvalue weighted by Gasteiger charge is 2.28. The lowest BCUT2D eigenvalue weighted by Crippen LogP contribution is -2.26. The van der Waals surface area contributed by atoms with Crippen molar-refractivity contribution in [3.63, 3.8) is 0 Å². The number of thioether (sulfide) groups is 1. The Morgan fingerprint density at radius 2 is 2.25 bits per heavy atom. The maximum absolute atomic E-state index is 12.2. The van der Waals surface area contributed by atoms with Gasteiger partial charge in [0.25, 0.3) is 0 Å². The van der Waals surface area contributed by atoms with Gasteiger partial charge in [0.1, 0.15) is 11.0 Å². The second kappa shape index (κ2) is 8.19. The molecule has 2 aromatic heterocycles. The fraction of sp³-hybridized carbons (Fsp3) is 0.471. The van der Waals surface area contributed by atoms with Crippen molar-refractivity contribution < 1.29 is 13.9 Å². The van der Waals surface area contributed by atoms with Gasteiger partial charge in [-0.1, -0.05) is 31.7 Å². The lowest BCUT2D eigenvalue weighted by molar-refractivity contribution is -0.143. The third kappa shape index (κ3) is 3.90. The van der Waals surface area contributed by atoms with Crippen molar-refractivity contribution >= 4 is 17.7 Å². The minimum atomic E-state index is -0.337. The number of hydrogen-bond donors (Lipinski definition) is 0. The zero-order valence-corrected chi connectivity index (χ0v) is 15.3. The maximum atomic E-state index is 12.2. The molecule has 1 unspecified atom stereocenters. The summed E-state index contributed by atoms with van der Waals surface area (Å²) < 4.78 is 12.5. The molecule has 0 bridgehead atoms. The van der Waals surface area contributed by atoms with Crippen LogP contribution < -0.4 is 0 Å². The summed E-state index contributed by atoms with van der Waals surface area (Å²) in [6, 6.07) is 1.86. The maximum Gasteiger partial charge on any atom is 0.319 e. The molecule has 0 aliphatic carbocycles. The topological polar surface area (TPSA) is 70.2 Å². The van der Waals surface area contributed by atoms with E-state index in [1.54, 1.807) is 19.3 Å². The number of nitrogens with zero attached hydrogens (tertiary/aromatic N) is 3. The minimum Gasteiger partial charge on any atom is -0.469 e. The van der Waals surface area contributed by atoms with Crippen molar-refractivity contribution in [3.05, 3.63) is 30.7 Å². The molecule has 0 aliphatic rings. The monoisotopic (exact) mass is 349 g/mol. The van der Waals surface area contributed by atoms with Gasteiger partial charge in [-0.2, -0.15) is 0 Å². The molecule has 0 spiro atoms.